The Bertz CT molecular complexity index is 550. The fourth-order valence-corrected chi connectivity index (χ4v) is 2.51. The van der Waals surface area contributed by atoms with Crippen LogP contribution in [0.3, 0.4) is 0 Å². The molecule has 21 heavy (non-hydrogen) atoms. The summed E-state index contributed by atoms with van der Waals surface area (Å²) in [7, 11) is 2.01. The van der Waals surface area contributed by atoms with Crippen molar-refractivity contribution in [1.29, 1.82) is 0 Å². The van der Waals surface area contributed by atoms with Crippen LogP contribution in [0, 0.1) is 15.9 Å². The van der Waals surface area contributed by atoms with Gasteiger partial charge in [0.25, 0.3) is 5.91 Å². The molecule has 0 radical (unpaired) electrons. The standard InChI is InChI=1S/C14H18FN3O3/c1-17-7-3-2-4-11(17)9-16-14(19)10-5-6-12(15)13(8-10)18(20)21/h5-6,8,11H,2-4,7,9H2,1H3,(H,16,19). The van der Waals surface area contributed by atoms with Gasteiger partial charge in [0.05, 0.1) is 4.92 Å². The maximum Gasteiger partial charge on any atom is 0.305 e. The number of hydrogen-bond acceptors (Lipinski definition) is 4. The molecular formula is C14H18FN3O3. The van der Waals surface area contributed by atoms with E-state index in [0.29, 0.717) is 6.54 Å². The van der Waals surface area contributed by atoms with Crippen LogP contribution in [-0.2, 0) is 0 Å². The van der Waals surface area contributed by atoms with Crippen molar-refractivity contribution in [1.82, 2.24) is 10.2 Å². The molecule has 0 aromatic heterocycles. The third-order valence-electron chi connectivity index (χ3n) is 3.82. The highest BCUT2D eigenvalue weighted by Gasteiger charge is 2.21. The lowest BCUT2D eigenvalue weighted by atomic mass is 10.0. The minimum atomic E-state index is -0.941. The number of amides is 1. The van der Waals surface area contributed by atoms with Gasteiger partial charge in [-0.05, 0) is 38.6 Å². The maximum absolute atomic E-state index is 13.2. The number of nitro benzene ring substituents is 1. The average molecular weight is 295 g/mol. The van der Waals surface area contributed by atoms with Gasteiger partial charge in [-0.1, -0.05) is 6.42 Å². The van der Waals surface area contributed by atoms with Gasteiger partial charge in [0.2, 0.25) is 5.82 Å². The molecule has 1 aromatic carbocycles. The first-order valence-electron chi connectivity index (χ1n) is 6.91. The Morgan fingerprint density at radius 3 is 2.95 bits per heavy atom. The number of piperidine rings is 1. The Hall–Kier alpha value is -2.02. The summed E-state index contributed by atoms with van der Waals surface area (Å²) in [4.78, 5) is 24.0. The Morgan fingerprint density at radius 2 is 2.29 bits per heavy atom. The molecule has 1 aliphatic heterocycles. The Labute approximate surface area is 122 Å². The van der Waals surface area contributed by atoms with Crippen molar-refractivity contribution in [3.05, 3.63) is 39.7 Å². The fraction of sp³-hybridized carbons (Fsp3) is 0.500. The monoisotopic (exact) mass is 295 g/mol. The predicted molar refractivity (Wildman–Crippen MR) is 75.7 cm³/mol. The van der Waals surface area contributed by atoms with Gasteiger partial charge in [0, 0.05) is 24.2 Å². The number of nitrogens with one attached hydrogen (secondary N) is 1. The van der Waals surface area contributed by atoms with Gasteiger partial charge in [-0.15, -0.1) is 0 Å². The first-order chi connectivity index (χ1) is 9.99. The van der Waals surface area contributed by atoms with E-state index in [1.165, 1.54) is 6.07 Å². The van der Waals surface area contributed by atoms with Gasteiger partial charge in [-0.2, -0.15) is 4.39 Å². The summed E-state index contributed by atoms with van der Waals surface area (Å²) in [5.41, 5.74) is -0.584. The highest BCUT2D eigenvalue weighted by Crippen LogP contribution is 2.19. The van der Waals surface area contributed by atoms with Crippen LogP contribution in [0.5, 0.6) is 0 Å². The molecule has 0 bridgehead atoms. The number of rotatable bonds is 4. The van der Waals surface area contributed by atoms with E-state index < -0.39 is 22.3 Å². The predicted octanol–water partition coefficient (Wildman–Crippen LogP) is 1.95. The van der Waals surface area contributed by atoms with Gasteiger partial charge in [-0.3, -0.25) is 14.9 Å². The molecule has 114 valence electrons. The van der Waals surface area contributed by atoms with Crippen LogP contribution in [0.25, 0.3) is 0 Å². The van der Waals surface area contributed by atoms with E-state index in [0.717, 1.165) is 37.9 Å². The number of likely N-dealkylation sites (N-methyl/N-ethyl adjacent to an activating group) is 1. The molecule has 0 saturated carbocycles. The number of nitro groups is 1. The molecule has 1 atom stereocenters. The van der Waals surface area contributed by atoms with Crippen LogP contribution in [0.2, 0.25) is 0 Å². The molecule has 1 unspecified atom stereocenters. The van der Waals surface area contributed by atoms with Gasteiger partial charge in [-0.25, -0.2) is 0 Å². The van der Waals surface area contributed by atoms with E-state index in [-0.39, 0.29) is 11.6 Å². The number of carbonyl (C=O) groups is 1. The molecular weight excluding hydrogens is 277 g/mol. The zero-order valence-electron chi connectivity index (χ0n) is 11.8. The number of likely N-dealkylation sites (tertiary alicyclic amines) is 1. The van der Waals surface area contributed by atoms with Gasteiger partial charge >= 0.3 is 5.69 Å². The van der Waals surface area contributed by atoms with Crippen LogP contribution < -0.4 is 5.32 Å². The molecule has 0 aliphatic carbocycles. The molecule has 1 heterocycles. The second-order valence-electron chi connectivity index (χ2n) is 5.26. The van der Waals surface area contributed by atoms with Crippen LogP contribution in [0.4, 0.5) is 10.1 Å². The fourth-order valence-electron chi connectivity index (χ4n) is 2.51. The van der Waals surface area contributed by atoms with E-state index in [2.05, 4.69) is 10.2 Å². The molecule has 6 nitrogen and oxygen atoms in total. The second kappa shape index (κ2) is 6.62. The SMILES string of the molecule is CN1CCCCC1CNC(=O)c1ccc(F)c([N+](=O)[O-])c1. The minimum absolute atomic E-state index is 0.0987. The molecule has 0 spiro atoms. The van der Waals surface area contributed by atoms with Crippen molar-refractivity contribution in [2.45, 2.75) is 25.3 Å². The third-order valence-corrected chi connectivity index (χ3v) is 3.82. The second-order valence-corrected chi connectivity index (χ2v) is 5.26. The summed E-state index contributed by atoms with van der Waals surface area (Å²) in [5, 5.41) is 13.4. The number of carbonyl (C=O) groups excluding carboxylic acids is 1. The van der Waals surface area contributed by atoms with Crippen LogP contribution in [-0.4, -0.2) is 41.9 Å². The molecule has 1 aromatic rings. The lowest BCUT2D eigenvalue weighted by Gasteiger charge is -2.32. The first-order valence-corrected chi connectivity index (χ1v) is 6.91. The molecule has 1 aliphatic rings. The topological polar surface area (TPSA) is 75.5 Å². The van der Waals surface area contributed by atoms with Gasteiger partial charge in [0.15, 0.2) is 0 Å². The van der Waals surface area contributed by atoms with Crippen molar-refractivity contribution in [3.63, 3.8) is 0 Å². The van der Waals surface area contributed by atoms with Crippen LogP contribution in [0.15, 0.2) is 18.2 Å². The van der Waals surface area contributed by atoms with Crippen molar-refractivity contribution in [2.75, 3.05) is 20.1 Å². The minimum Gasteiger partial charge on any atom is -0.350 e. The lowest BCUT2D eigenvalue weighted by Crippen LogP contribution is -2.44. The van der Waals surface area contributed by atoms with E-state index in [1.54, 1.807) is 0 Å². The largest absolute Gasteiger partial charge is 0.350 e. The van der Waals surface area contributed by atoms with Crippen LogP contribution >= 0.6 is 0 Å². The summed E-state index contributed by atoms with van der Waals surface area (Å²) in [6.45, 7) is 1.49. The summed E-state index contributed by atoms with van der Waals surface area (Å²) in [6, 6.07) is 3.44. The van der Waals surface area contributed by atoms with Crippen LogP contribution in [0.1, 0.15) is 29.6 Å². The van der Waals surface area contributed by atoms with E-state index in [4.69, 9.17) is 0 Å². The maximum atomic E-state index is 13.2. The Morgan fingerprint density at radius 1 is 1.52 bits per heavy atom. The van der Waals surface area contributed by atoms with Gasteiger partial charge < -0.3 is 10.2 Å². The highest BCUT2D eigenvalue weighted by atomic mass is 19.1. The quantitative estimate of drug-likeness (QED) is 0.680. The summed E-state index contributed by atoms with van der Waals surface area (Å²) in [5.74, 6) is -1.36. The number of hydrogen-bond donors (Lipinski definition) is 1. The van der Waals surface area contributed by atoms with Crippen molar-refractivity contribution in [3.8, 4) is 0 Å². The molecule has 1 fully saturated rings. The van der Waals surface area contributed by atoms with E-state index in [9.17, 15) is 19.3 Å². The number of halogens is 1. The van der Waals surface area contributed by atoms with E-state index in [1.807, 2.05) is 7.05 Å². The normalized spacial score (nSPS) is 19.2. The summed E-state index contributed by atoms with van der Waals surface area (Å²) >= 11 is 0. The highest BCUT2D eigenvalue weighted by molar-refractivity contribution is 5.94. The Balaban J connectivity index is 2.00. The molecule has 1 amide bonds. The Kier molecular flexibility index (Phi) is 4.85. The summed E-state index contributed by atoms with van der Waals surface area (Å²) in [6.07, 6.45) is 3.30. The molecule has 2 rings (SSSR count). The summed E-state index contributed by atoms with van der Waals surface area (Å²) < 4.78 is 13.2. The zero-order chi connectivity index (χ0) is 15.4. The average Bonchev–Trinajstić information content (AvgIpc) is 2.46. The molecule has 1 N–H and O–H groups in total. The zero-order valence-corrected chi connectivity index (χ0v) is 11.8. The van der Waals surface area contributed by atoms with Crippen molar-refractivity contribution in [2.24, 2.45) is 0 Å². The first kappa shape index (κ1) is 15.4. The van der Waals surface area contributed by atoms with Gasteiger partial charge in [0.1, 0.15) is 0 Å². The smallest absolute Gasteiger partial charge is 0.305 e. The molecule has 7 heteroatoms. The van der Waals surface area contributed by atoms with Crippen molar-refractivity contribution < 1.29 is 14.1 Å². The number of nitrogens with zero attached hydrogens (tertiary/aromatic N) is 2. The lowest BCUT2D eigenvalue weighted by molar-refractivity contribution is -0.387. The third kappa shape index (κ3) is 3.75. The number of benzene rings is 1. The molecule has 1 saturated heterocycles. The van der Waals surface area contributed by atoms with Crippen molar-refractivity contribution >= 4 is 11.6 Å². The van der Waals surface area contributed by atoms with E-state index >= 15 is 0 Å².